The molecule has 0 aliphatic heterocycles. The van der Waals surface area contributed by atoms with E-state index in [-0.39, 0.29) is 4.90 Å². The maximum Gasteiger partial charge on any atom is 0.262 e. The molecular formula is C16H20N2O2S. The van der Waals surface area contributed by atoms with Crippen molar-refractivity contribution in [1.82, 2.24) is 0 Å². The Morgan fingerprint density at radius 3 is 2.24 bits per heavy atom. The minimum atomic E-state index is -3.66. The van der Waals surface area contributed by atoms with Crippen molar-refractivity contribution in [1.29, 1.82) is 0 Å². The van der Waals surface area contributed by atoms with Gasteiger partial charge in [-0.05, 0) is 56.5 Å². The first-order chi connectivity index (χ1) is 9.72. The van der Waals surface area contributed by atoms with Crippen molar-refractivity contribution in [2.24, 2.45) is 0 Å². The van der Waals surface area contributed by atoms with Gasteiger partial charge in [-0.2, -0.15) is 0 Å². The number of hydrogen-bond acceptors (Lipinski definition) is 3. The van der Waals surface area contributed by atoms with Crippen molar-refractivity contribution in [3.8, 4) is 0 Å². The molecule has 0 amide bonds. The van der Waals surface area contributed by atoms with E-state index in [1.54, 1.807) is 32.0 Å². The third-order valence-corrected chi connectivity index (χ3v) is 5.19. The predicted molar refractivity (Wildman–Crippen MR) is 87.1 cm³/mol. The Labute approximate surface area is 126 Å². The number of rotatable bonds is 3. The molecule has 0 saturated carbocycles. The summed E-state index contributed by atoms with van der Waals surface area (Å²) in [6.07, 6.45) is 0. The number of benzene rings is 2. The molecule has 0 fully saturated rings. The monoisotopic (exact) mass is 304 g/mol. The van der Waals surface area contributed by atoms with Crippen molar-refractivity contribution in [3.05, 3.63) is 52.6 Å². The van der Waals surface area contributed by atoms with Gasteiger partial charge in [-0.1, -0.05) is 23.8 Å². The van der Waals surface area contributed by atoms with E-state index < -0.39 is 10.0 Å². The predicted octanol–water partition coefficient (Wildman–Crippen LogP) is 3.30. The molecular weight excluding hydrogens is 284 g/mol. The first kappa shape index (κ1) is 15.4. The number of nitrogens with one attached hydrogen (secondary N) is 1. The van der Waals surface area contributed by atoms with Crippen LogP contribution in [-0.4, -0.2) is 8.42 Å². The van der Waals surface area contributed by atoms with Crippen molar-refractivity contribution in [2.45, 2.75) is 32.6 Å². The average molecular weight is 304 g/mol. The summed E-state index contributed by atoms with van der Waals surface area (Å²) in [7, 11) is -3.66. The summed E-state index contributed by atoms with van der Waals surface area (Å²) >= 11 is 0. The maximum atomic E-state index is 12.7. The van der Waals surface area contributed by atoms with Gasteiger partial charge in [0.2, 0.25) is 0 Å². The van der Waals surface area contributed by atoms with Gasteiger partial charge in [0, 0.05) is 5.69 Å². The topological polar surface area (TPSA) is 72.2 Å². The zero-order valence-electron chi connectivity index (χ0n) is 12.7. The number of aryl methyl sites for hydroxylation is 3. The second-order valence-corrected chi connectivity index (χ2v) is 6.97. The lowest BCUT2D eigenvalue weighted by molar-refractivity contribution is 0.600. The van der Waals surface area contributed by atoms with E-state index in [1.807, 2.05) is 26.0 Å². The molecule has 5 heteroatoms. The molecule has 4 nitrogen and oxygen atoms in total. The Balaban J connectivity index is 2.51. The maximum absolute atomic E-state index is 12.7. The molecule has 0 aromatic heterocycles. The van der Waals surface area contributed by atoms with Crippen LogP contribution < -0.4 is 10.5 Å². The van der Waals surface area contributed by atoms with Crippen molar-refractivity contribution < 1.29 is 8.42 Å². The Kier molecular flexibility index (Phi) is 3.96. The van der Waals surface area contributed by atoms with Crippen LogP contribution in [0.3, 0.4) is 0 Å². The van der Waals surface area contributed by atoms with Crippen LogP contribution in [0.1, 0.15) is 22.3 Å². The molecule has 0 spiro atoms. The quantitative estimate of drug-likeness (QED) is 0.855. The van der Waals surface area contributed by atoms with Gasteiger partial charge in [0.1, 0.15) is 0 Å². The second-order valence-electron chi connectivity index (χ2n) is 5.35. The highest BCUT2D eigenvalue weighted by Gasteiger charge is 2.21. The van der Waals surface area contributed by atoms with Crippen molar-refractivity contribution in [2.75, 3.05) is 10.5 Å². The first-order valence-electron chi connectivity index (χ1n) is 6.68. The van der Waals surface area contributed by atoms with Crippen LogP contribution in [0.2, 0.25) is 0 Å². The van der Waals surface area contributed by atoms with Crippen molar-refractivity contribution >= 4 is 21.4 Å². The first-order valence-corrected chi connectivity index (χ1v) is 8.16. The van der Waals surface area contributed by atoms with E-state index in [2.05, 4.69) is 4.72 Å². The van der Waals surface area contributed by atoms with Crippen LogP contribution in [0.25, 0.3) is 0 Å². The lowest BCUT2D eigenvalue weighted by atomic mass is 10.1. The third kappa shape index (κ3) is 3.03. The van der Waals surface area contributed by atoms with E-state index in [9.17, 15) is 8.42 Å². The summed E-state index contributed by atoms with van der Waals surface area (Å²) in [5, 5.41) is 0. The van der Waals surface area contributed by atoms with Crippen LogP contribution in [0, 0.1) is 27.7 Å². The smallest absolute Gasteiger partial charge is 0.262 e. The SMILES string of the molecule is Cc1ccc(NS(=O)(=O)c2c(C)ccc(N)c2C)c(C)c1. The molecule has 21 heavy (non-hydrogen) atoms. The molecule has 2 rings (SSSR count). The molecule has 0 radical (unpaired) electrons. The fraction of sp³-hybridized carbons (Fsp3) is 0.250. The Hall–Kier alpha value is -2.01. The van der Waals surface area contributed by atoms with Gasteiger partial charge in [-0.25, -0.2) is 8.42 Å². The van der Waals surface area contributed by atoms with Gasteiger partial charge in [0.05, 0.1) is 10.6 Å². The van der Waals surface area contributed by atoms with Gasteiger partial charge in [0.25, 0.3) is 10.0 Å². The lowest BCUT2D eigenvalue weighted by Crippen LogP contribution is -2.17. The number of hydrogen-bond donors (Lipinski definition) is 2. The van der Waals surface area contributed by atoms with Crippen molar-refractivity contribution in [3.63, 3.8) is 0 Å². The van der Waals surface area contributed by atoms with Crippen LogP contribution in [0.4, 0.5) is 11.4 Å². The largest absolute Gasteiger partial charge is 0.398 e. The highest BCUT2D eigenvalue weighted by Crippen LogP contribution is 2.27. The number of sulfonamides is 1. The normalized spacial score (nSPS) is 11.4. The molecule has 2 aromatic rings. The number of anilines is 2. The third-order valence-electron chi connectivity index (χ3n) is 3.54. The number of nitrogen functional groups attached to an aromatic ring is 1. The highest BCUT2D eigenvalue weighted by molar-refractivity contribution is 7.92. The molecule has 3 N–H and O–H groups in total. The lowest BCUT2D eigenvalue weighted by Gasteiger charge is -2.15. The van der Waals surface area contributed by atoms with Gasteiger partial charge < -0.3 is 5.73 Å². The molecule has 0 atom stereocenters. The van der Waals surface area contributed by atoms with Gasteiger partial charge in [-0.15, -0.1) is 0 Å². The van der Waals surface area contributed by atoms with Crippen LogP contribution in [-0.2, 0) is 10.0 Å². The molecule has 0 heterocycles. The van der Waals surface area contributed by atoms with Crippen LogP contribution >= 0.6 is 0 Å². The van der Waals surface area contributed by atoms with E-state index in [1.165, 1.54) is 0 Å². The standard InChI is InChI=1S/C16H20N2O2S/c1-10-5-8-15(12(3)9-10)18-21(19,20)16-11(2)6-7-14(17)13(16)4/h5-9,18H,17H2,1-4H3. The minimum Gasteiger partial charge on any atom is -0.398 e. The zero-order chi connectivity index (χ0) is 15.8. The Bertz CT molecular complexity index is 796. The summed E-state index contributed by atoms with van der Waals surface area (Å²) < 4.78 is 28.0. The van der Waals surface area contributed by atoms with E-state index in [0.29, 0.717) is 22.5 Å². The molecule has 0 aliphatic rings. The molecule has 0 aliphatic carbocycles. The van der Waals surface area contributed by atoms with E-state index in [0.717, 1.165) is 11.1 Å². The zero-order valence-corrected chi connectivity index (χ0v) is 13.5. The van der Waals surface area contributed by atoms with E-state index in [4.69, 9.17) is 5.73 Å². The van der Waals surface area contributed by atoms with Crippen LogP contribution in [0.15, 0.2) is 35.2 Å². The summed E-state index contributed by atoms with van der Waals surface area (Å²) in [6.45, 7) is 7.34. The highest BCUT2D eigenvalue weighted by atomic mass is 32.2. The van der Waals surface area contributed by atoms with Gasteiger partial charge >= 0.3 is 0 Å². The molecule has 2 aromatic carbocycles. The average Bonchev–Trinajstić information content (AvgIpc) is 2.37. The summed E-state index contributed by atoms with van der Waals surface area (Å²) in [5.74, 6) is 0. The fourth-order valence-electron chi connectivity index (χ4n) is 2.38. The minimum absolute atomic E-state index is 0.252. The number of nitrogens with two attached hydrogens (primary N) is 1. The Morgan fingerprint density at radius 2 is 1.62 bits per heavy atom. The van der Waals surface area contributed by atoms with Gasteiger partial charge in [0.15, 0.2) is 0 Å². The summed E-state index contributed by atoms with van der Waals surface area (Å²) in [5.41, 5.74) is 10.1. The molecule has 0 saturated heterocycles. The summed E-state index contributed by atoms with van der Waals surface area (Å²) in [6, 6.07) is 9.04. The molecule has 0 unspecified atom stereocenters. The second kappa shape index (κ2) is 5.41. The molecule has 0 bridgehead atoms. The fourth-order valence-corrected chi connectivity index (χ4v) is 4.01. The Morgan fingerprint density at radius 1 is 0.952 bits per heavy atom. The van der Waals surface area contributed by atoms with Crippen LogP contribution in [0.5, 0.6) is 0 Å². The van der Waals surface area contributed by atoms with Gasteiger partial charge in [-0.3, -0.25) is 4.72 Å². The molecule has 112 valence electrons. The summed E-state index contributed by atoms with van der Waals surface area (Å²) in [4.78, 5) is 0.252. The van der Waals surface area contributed by atoms with E-state index >= 15 is 0 Å².